The highest BCUT2D eigenvalue weighted by molar-refractivity contribution is 7.15. The van der Waals surface area contributed by atoms with Crippen LogP contribution in [0.5, 0.6) is 0 Å². The van der Waals surface area contributed by atoms with Gasteiger partial charge in [-0.1, -0.05) is 36.8 Å². The number of hydrogen-bond donors (Lipinski definition) is 2. The molecule has 0 saturated heterocycles. The Labute approximate surface area is 132 Å². The number of anilines is 1. The summed E-state index contributed by atoms with van der Waals surface area (Å²) in [6.07, 6.45) is 0.859. The standard InChI is InChI=1S/C15H17N5OS/c1-8(2)6-12-18-20-15(22-12)16-14(21)13-10-7-9(3)4-5-11(10)17-19-13/h4-5,7-8H,6H2,1-3H3,(H,17,19)(H,16,20,21). The number of carbonyl (C=O) groups is 1. The van der Waals surface area contributed by atoms with Gasteiger partial charge in [-0.2, -0.15) is 5.10 Å². The second-order valence-corrected chi connectivity index (χ2v) is 6.74. The van der Waals surface area contributed by atoms with Crippen LogP contribution in [0.15, 0.2) is 18.2 Å². The predicted octanol–water partition coefficient (Wildman–Crippen LogP) is 3.17. The van der Waals surface area contributed by atoms with E-state index in [1.165, 1.54) is 11.3 Å². The number of H-pyrrole nitrogens is 1. The maximum Gasteiger partial charge on any atom is 0.278 e. The highest BCUT2D eigenvalue weighted by Crippen LogP contribution is 2.21. The summed E-state index contributed by atoms with van der Waals surface area (Å²) in [5.41, 5.74) is 2.30. The van der Waals surface area contributed by atoms with E-state index in [1.807, 2.05) is 25.1 Å². The Morgan fingerprint density at radius 1 is 1.36 bits per heavy atom. The Morgan fingerprint density at radius 2 is 2.18 bits per heavy atom. The molecule has 0 saturated carbocycles. The first-order chi connectivity index (χ1) is 10.5. The third kappa shape index (κ3) is 2.99. The van der Waals surface area contributed by atoms with Crippen LogP contribution in [0.4, 0.5) is 5.13 Å². The molecule has 0 radical (unpaired) electrons. The Morgan fingerprint density at radius 3 is 2.95 bits per heavy atom. The van der Waals surface area contributed by atoms with Gasteiger partial charge >= 0.3 is 0 Å². The number of carbonyl (C=O) groups excluding carboxylic acids is 1. The van der Waals surface area contributed by atoms with Crippen molar-refractivity contribution in [2.24, 2.45) is 5.92 Å². The molecular formula is C15H17N5OS. The van der Waals surface area contributed by atoms with Gasteiger partial charge in [0.25, 0.3) is 5.91 Å². The highest BCUT2D eigenvalue weighted by Gasteiger charge is 2.16. The second-order valence-electron chi connectivity index (χ2n) is 5.67. The Balaban J connectivity index is 1.81. The molecule has 0 aliphatic carbocycles. The lowest BCUT2D eigenvalue weighted by Gasteiger charge is -1.99. The van der Waals surface area contributed by atoms with E-state index < -0.39 is 0 Å². The van der Waals surface area contributed by atoms with Gasteiger partial charge in [0.1, 0.15) is 5.01 Å². The fraction of sp³-hybridized carbons (Fsp3) is 0.333. The van der Waals surface area contributed by atoms with Gasteiger partial charge < -0.3 is 0 Å². The number of fused-ring (bicyclic) bond motifs is 1. The summed E-state index contributed by atoms with van der Waals surface area (Å²) in [5.74, 6) is 0.235. The summed E-state index contributed by atoms with van der Waals surface area (Å²) in [7, 11) is 0. The molecule has 0 unspecified atom stereocenters. The summed E-state index contributed by atoms with van der Waals surface area (Å²) in [6, 6.07) is 5.84. The Bertz CT molecular complexity index is 820. The van der Waals surface area contributed by atoms with Crippen LogP contribution >= 0.6 is 11.3 Å². The first-order valence-corrected chi connectivity index (χ1v) is 7.93. The minimum atomic E-state index is -0.274. The molecule has 2 aromatic heterocycles. The molecular weight excluding hydrogens is 298 g/mol. The van der Waals surface area contributed by atoms with Crippen molar-refractivity contribution < 1.29 is 4.79 Å². The molecule has 0 bridgehead atoms. The summed E-state index contributed by atoms with van der Waals surface area (Å²) in [5, 5.41) is 20.1. The fourth-order valence-corrected chi connectivity index (χ4v) is 3.14. The minimum Gasteiger partial charge on any atom is -0.295 e. The summed E-state index contributed by atoms with van der Waals surface area (Å²) in [4.78, 5) is 12.4. The molecule has 6 nitrogen and oxygen atoms in total. The van der Waals surface area contributed by atoms with E-state index in [2.05, 4.69) is 39.6 Å². The van der Waals surface area contributed by atoms with E-state index in [1.54, 1.807) is 0 Å². The number of nitrogens with one attached hydrogen (secondary N) is 2. The molecule has 2 heterocycles. The zero-order chi connectivity index (χ0) is 15.7. The van der Waals surface area contributed by atoms with Crippen molar-refractivity contribution in [3.05, 3.63) is 34.5 Å². The quantitative estimate of drug-likeness (QED) is 0.774. The van der Waals surface area contributed by atoms with E-state index in [0.29, 0.717) is 16.7 Å². The van der Waals surface area contributed by atoms with Crippen LogP contribution < -0.4 is 5.32 Å². The third-order valence-corrected chi connectivity index (χ3v) is 4.06. The average molecular weight is 315 g/mol. The maximum atomic E-state index is 12.4. The van der Waals surface area contributed by atoms with Crippen LogP contribution in [0, 0.1) is 12.8 Å². The number of hydrogen-bond acceptors (Lipinski definition) is 5. The highest BCUT2D eigenvalue weighted by atomic mass is 32.1. The number of rotatable bonds is 4. The fourth-order valence-electron chi connectivity index (χ4n) is 2.19. The van der Waals surface area contributed by atoms with Crippen LogP contribution in [0.1, 0.15) is 34.9 Å². The van der Waals surface area contributed by atoms with E-state index >= 15 is 0 Å². The van der Waals surface area contributed by atoms with Crippen molar-refractivity contribution in [1.29, 1.82) is 0 Å². The molecule has 22 heavy (non-hydrogen) atoms. The van der Waals surface area contributed by atoms with Crippen LogP contribution in [0.3, 0.4) is 0 Å². The number of amides is 1. The van der Waals surface area contributed by atoms with Gasteiger partial charge in [-0.25, -0.2) is 0 Å². The van der Waals surface area contributed by atoms with Gasteiger partial charge in [0.2, 0.25) is 5.13 Å². The molecule has 3 rings (SSSR count). The lowest BCUT2D eigenvalue weighted by molar-refractivity contribution is 0.102. The van der Waals surface area contributed by atoms with Crippen molar-refractivity contribution in [2.75, 3.05) is 5.32 Å². The molecule has 1 amide bonds. The Hall–Kier alpha value is -2.28. The second kappa shape index (κ2) is 5.84. The lowest BCUT2D eigenvalue weighted by atomic mass is 10.1. The molecule has 2 N–H and O–H groups in total. The van der Waals surface area contributed by atoms with Crippen molar-refractivity contribution in [3.63, 3.8) is 0 Å². The first kappa shape index (κ1) is 14.6. The van der Waals surface area contributed by atoms with E-state index in [9.17, 15) is 4.79 Å². The van der Waals surface area contributed by atoms with Crippen LogP contribution in [-0.2, 0) is 6.42 Å². The normalized spacial score (nSPS) is 11.3. The molecule has 1 aromatic carbocycles. The molecule has 0 aliphatic rings. The van der Waals surface area contributed by atoms with Gasteiger partial charge in [0.15, 0.2) is 5.69 Å². The molecule has 114 valence electrons. The van der Waals surface area contributed by atoms with Gasteiger partial charge in [-0.15, -0.1) is 10.2 Å². The van der Waals surface area contributed by atoms with E-state index in [-0.39, 0.29) is 5.91 Å². The van der Waals surface area contributed by atoms with Gasteiger partial charge in [-0.3, -0.25) is 15.2 Å². The summed E-state index contributed by atoms with van der Waals surface area (Å²) >= 11 is 1.40. The van der Waals surface area contributed by atoms with Gasteiger partial charge in [0.05, 0.1) is 5.52 Å². The monoisotopic (exact) mass is 315 g/mol. The van der Waals surface area contributed by atoms with Crippen LogP contribution in [0.2, 0.25) is 0 Å². The van der Waals surface area contributed by atoms with Crippen LogP contribution in [0.25, 0.3) is 10.9 Å². The van der Waals surface area contributed by atoms with Crippen molar-refractivity contribution in [3.8, 4) is 0 Å². The zero-order valence-corrected chi connectivity index (χ0v) is 13.5. The first-order valence-electron chi connectivity index (χ1n) is 7.11. The van der Waals surface area contributed by atoms with Gasteiger partial charge in [0, 0.05) is 11.8 Å². The maximum absolute atomic E-state index is 12.4. The number of nitrogens with zero attached hydrogens (tertiary/aromatic N) is 3. The van der Waals surface area contributed by atoms with Crippen molar-refractivity contribution in [1.82, 2.24) is 20.4 Å². The molecule has 0 spiro atoms. The zero-order valence-electron chi connectivity index (χ0n) is 12.7. The number of aromatic nitrogens is 4. The van der Waals surface area contributed by atoms with E-state index in [0.717, 1.165) is 27.9 Å². The van der Waals surface area contributed by atoms with E-state index in [4.69, 9.17) is 0 Å². The SMILES string of the molecule is Cc1ccc2[nH]nc(C(=O)Nc3nnc(CC(C)C)s3)c2c1. The smallest absolute Gasteiger partial charge is 0.278 e. The summed E-state index contributed by atoms with van der Waals surface area (Å²) in [6.45, 7) is 6.23. The largest absolute Gasteiger partial charge is 0.295 e. The lowest BCUT2D eigenvalue weighted by Crippen LogP contribution is -2.12. The molecule has 0 fully saturated rings. The van der Waals surface area contributed by atoms with Gasteiger partial charge in [-0.05, 0) is 25.0 Å². The molecule has 7 heteroatoms. The van der Waals surface area contributed by atoms with Crippen LogP contribution in [-0.4, -0.2) is 26.3 Å². The average Bonchev–Trinajstić information content (AvgIpc) is 3.04. The predicted molar refractivity (Wildman–Crippen MR) is 87.2 cm³/mol. The minimum absolute atomic E-state index is 0.274. The number of aromatic amines is 1. The molecule has 0 atom stereocenters. The van der Waals surface area contributed by atoms with Crippen molar-refractivity contribution >= 4 is 33.3 Å². The molecule has 0 aliphatic heterocycles. The Kier molecular flexibility index (Phi) is 3.89. The topological polar surface area (TPSA) is 83.6 Å². The number of benzene rings is 1. The molecule has 3 aromatic rings. The third-order valence-electron chi connectivity index (χ3n) is 3.20. The number of aryl methyl sites for hydroxylation is 1. The summed E-state index contributed by atoms with van der Waals surface area (Å²) < 4.78 is 0. The van der Waals surface area contributed by atoms with Crippen molar-refractivity contribution in [2.45, 2.75) is 27.2 Å².